The molecule has 0 radical (unpaired) electrons. The van der Waals surface area contributed by atoms with E-state index in [9.17, 15) is 9.18 Å². The van der Waals surface area contributed by atoms with Crippen molar-refractivity contribution in [1.29, 1.82) is 0 Å². The highest BCUT2D eigenvalue weighted by Gasteiger charge is 2.21. The van der Waals surface area contributed by atoms with Gasteiger partial charge < -0.3 is 15.4 Å². The molecule has 0 saturated carbocycles. The molecule has 1 saturated heterocycles. The van der Waals surface area contributed by atoms with Crippen LogP contribution < -0.4 is 10.6 Å². The Labute approximate surface area is 174 Å². The van der Waals surface area contributed by atoms with Crippen LogP contribution in [-0.4, -0.2) is 53.1 Å². The van der Waals surface area contributed by atoms with Crippen molar-refractivity contribution in [1.82, 2.24) is 14.9 Å². The van der Waals surface area contributed by atoms with E-state index < -0.39 is 5.82 Å². The van der Waals surface area contributed by atoms with Crippen LogP contribution in [0, 0.1) is 5.82 Å². The van der Waals surface area contributed by atoms with E-state index in [1.54, 1.807) is 12.1 Å². The van der Waals surface area contributed by atoms with E-state index in [1.165, 1.54) is 18.5 Å². The number of rotatable bonds is 8. The summed E-state index contributed by atoms with van der Waals surface area (Å²) in [6, 6.07) is 6.47. The van der Waals surface area contributed by atoms with Gasteiger partial charge in [0.2, 0.25) is 0 Å². The van der Waals surface area contributed by atoms with Crippen LogP contribution >= 0.6 is 11.6 Å². The molecule has 1 aromatic carbocycles. The molecule has 0 bridgehead atoms. The summed E-state index contributed by atoms with van der Waals surface area (Å²) >= 11 is 5.82. The van der Waals surface area contributed by atoms with Gasteiger partial charge in [0.15, 0.2) is 0 Å². The van der Waals surface area contributed by atoms with Gasteiger partial charge in [0.25, 0.3) is 0 Å². The van der Waals surface area contributed by atoms with Gasteiger partial charge in [-0.25, -0.2) is 14.4 Å². The molecule has 1 aliphatic rings. The number of ether oxygens (including phenoxy) is 1. The molecule has 29 heavy (non-hydrogen) atoms. The highest BCUT2D eigenvalue weighted by Crippen LogP contribution is 2.23. The first-order valence-electron chi connectivity index (χ1n) is 9.72. The fourth-order valence-electron chi connectivity index (χ4n) is 3.12. The molecular weight excluding hydrogens is 397 g/mol. The van der Waals surface area contributed by atoms with Gasteiger partial charge in [0.05, 0.1) is 18.2 Å². The third kappa shape index (κ3) is 6.54. The van der Waals surface area contributed by atoms with Gasteiger partial charge in [-0.3, -0.25) is 9.69 Å². The van der Waals surface area contributed by atoms with Crippen LogP contribution in [0.4, 0.5) is 21.7 Å². The molecule has 2 aromatic rings. The lowest BCUT2D eigenvalue weighted by molar-refractivity contribution is -0.145. The number of nitrogens with one attached hydrogen (secondary N) is 2. The van der Waals surface area contributed by atoms with Crippen LogP contribution in [-0.2, 0) is 9.53 Å². The number of likely N-dealkylation sites (tertiary alicyclic amines) is 1. The molecule has 0 spiro atoms. The average molecular weight is 422 g/mol. The fourth-order valence-corrected chi connectivity index (χ4v) is 3.30. The van der Waals surface area contributed by atoms with Gasteiger partial charge in [-0.15, -0.1) is 0 Å². The second-order valence-corrected chi connectivity index (χ2v) is 7.36. The highest BCUT2D eigenvalue weighted by atomic mass is 35.5. The molecule has 156 valence electrons. The van der Waals surface area contributed by atoms with Crippen LogP contribution in [0.15, 0.2) is 30.6 Å². The van der Waals surface area contributed by atoms with E-state index in [0.717, 1.165) is 32.4 Å². The molecule has 7 nitrogen and oxygen atoms in total. The minimum Gasteiger partial charge on any atom is -0.465 e. The third-order valence-corrected chi connectivity index (χ3v) is 4.91. The lowest BCUT2D eigenvalue weighted by atomic mass is 10.1. The SMILES string of the molecule is CCCOC(=O)CN1CCC(Nc2cc(Nc3ccc(F)c(Cl)c3)ncn2)CC1. The average Bonchev–Trinajstić information content (AvgIpc) is 2.71. The van der Waals surface area contributed by atoms with Crippen molar-refractivity contribution < 1.29 is 13.9 Å². The van der Waals surface area contributed by atoms with E-state index in [1.807, 2.05) is 6.92 Å². The largest absolute Gasteiger partial charge is 0.465 e. The predicted molar refractivity (Wildman–Crippen MR) is 111 cm³/mol. The monoisotopic (exact) mass is 421 g/mol. The number of aromatic nitrogens is 2. The van der Waals surface area contributed by atoms with Crippen LogP contribution in [0.25, 0.3) is 0 Å². The number of anilines is 3. The van der Waals surface area contributed by atoms with E-state index in [4.69, 9.17) is 16.3 Å². The predicted octanol–water partition coefficient (Wildman–Crippen LogP) is 3.84. The number of hydrogen-bond donors (Lipinski definition) is 2. The maximum atomic E-state index is 13.3. The minimum absolute atomic E-state index is 0.0488. The molecule has 2 N–H and O–H groups in total. The summed E-state index contributed by atoms with van der Waals surface area (Å²) in [7, 11) is 0. The lowest BCUT2D eigenvalue weighted by Gasteiger charge is -2.31. The number of esters is 1. The second kappa shape index (κ2) is 10.4. The van der Waals surface area contributed by atoms with Crippen LogP contribution in [0.2, 0.25) is 5.02 Å². The van der Waals surface area contributed by atoms with Crippen molar-refractivity contribution in [2.24, 2.45) is 0 Å². The van der Waals surface area contributed by atoms with Gasteiger partial charge in [-0.2, -0.15) is 0 Å². The quantitative estimate of drug-likeness (QED) is 0.627. The number of carbonyl (C=O) groups excluding carboxylic acids is 1. The van der Waals surface area contributed by atoms with E-state index in [2.05, 4.69) is 25.5 Å². The topological polar surface area (TPSA) is 79.4 Å². The molecule has 1 fully saturated rings. The maximum Gasteiger partial charge on any atom is 0.320 e. The van der Waals surface area contributed by atoms with Crippen molar-refractivity contribution in [2.45, 2.75) is 32.2 Å². The summed E-state index contributed by atoms with van der Waals surface area (Å²) in [5.41, 5.74) is 0.643. The molecule has 1 aromatic heterocycles. The number of carbonyl (C=O) groups is 1. The van der Waals surface area contributed by atoms with Crippen molar-refractivity contribution in [3.05, 3.63) is 41.4 Å². The highest BCUT2D eigenvalue weighted by molar-refractivity contribution is 6.31. The minimum atomic E-state index is -0.466. The summed E-state index contributed by atoms with van der Waals surface area (Å²) in [5.74, 6) is 0.663. The number of nitrogens with zero attached hydrogens (tertiary/aromatic N) is 3. The van der Waals surface area contributed by atoms with Crippen LogP contribution in [0.1, 0.15) is 26.2 Å². The van der Waals surface area contributed by atoms with Gasteiger partial charge in [0, 0.05) is 30.9 Å². The zero-order chi connectivity index (χ0) is 20.6. The Balaban J connectivity index is 1.49. The Morgan fingerprint density at radius 2 is 2.03 bits per heavy atom. The summed E-state index contributed by atoms with van der Waals surface area (Å²) in [6.07, 6.45) is 4.11. The molecule has 0 amide bonds. The molecule has 1 aliphatic heterocycles. The summed E-state index contributed by atoms with van der Waals surface area (Å²) < 4.78 is 18.4. The Morgan fingerprint density at radius 3 is 2.76 bits per heavy atom. The Hall–Kier alpha value is -2.45. The summed E-state index contributed by atoms with van der Waals surface area (Å²) in [5, 5.41) is 6.56. The van der Waals surface area contributed by atoms with Crippen LogP contribution in [0.5, 0.6) is 0 Å². The van der Waals surface area contributed by atoms with Crippen molar-refractivity contribution >= 4 is 34.9 Å². The van der Waals surface area contributed by atoms with E-state index >= 15 is 0 Å². The van der Waals surface area contributed by atoms with Gasteiger partial charge >= 0.3 is 5.97 Å². The van der Waals surface area contributed by atoms with Crippen molar-refractivity contribution in [3.63, 3.8) is 0 Å². The first-order valence-corrected chi connectivity index (χ1v) is 10.1. The number of halogens is 2. The molecule has 0 unspecified atom stereocenters. The molecule has 3 rings (SSSR count). The lowest BCUT2D eigenvalue weighted by Crippen LogP contribution is -2.42. The molecule has 2 heterocycles. The second-order valence-electron chi connectivity index (χ2n) is 6.96. The number of hydrogen-bond acceptors (Lipinski definition) is 7. The zero-order valence-corrected chi connectivity index (χ0v) is 17.1. The van der Waals surface area contributed by atoms with Crippen molar-refractivity contribution in [3.8, 4) is 0 Å². The smallest absolute Gasteiger partial charge is 0.320 e. The molecule has 9 heteroatoms. The molecular formula is C20H25ClFN5O2. The first kappa shape index (κ1) is 21.3. The van der Waals surface area contributed by atoms with E-state index in [-0.39, 0.29) is 17.0 Å². The Bertz CT molecular complexity index is 830. The maximum absolute atomic E-state index is 13.3. The van der Waals surface area contributed by atoms with Crippen molar-refractivity contribution in [2.75, 3.05) is 36.9 Å². The van der Waals surface area contributed by atoms with Gasteiger partial charge in [-0.1, -0.05) is 18.5 Å². The summed E-state index contributed by atoms with van der Waals surface area (Å²) in [6.45, 7) is 4.44. The van der Waals surface area contributed by atoms with E-state index in [0.29, 0.717) is 30.5 Å². The summed E-state index contributed by atoms with van der Waals surface area (Å²) in [4.78, 5) is 22.3. The first-order chi connectivity index (χ1) is 14.0. The number of benzene rings is 1. The standard InChI is InChI=1S/C20H25ClFN5O2/c1-2-9-29-20(28)12-27-7-5-14(6-8-27)25-18-11-19(24-13-23-18)26-15-3-4-17(22)16(21)10-15/h3-4,10-11,13-14H,2,5-9,12H2,1H3,(H2,23,24,25,26). The molecule has 0 aliphatic carbocycles. The Morgan fingerprint density at radius 1 is 1.28 bits per heavy atom. The van der Waals surface area contributed by atoms with Gasteiger partial charge in [0.1, 0.15) is 23.8 Å². The fraction of sp³-hybridized carbons (Fsp3) is 0.450. The third-order valence-electron chi connectivity index (χ3n) is 4.62. The van der Waals surface area contributed by atoms with Crippen LogP contribution in [0.3, 0.4) is 0 Å². The molecule has 0 atom stereocenters. The van der Waals surface area contributed by atoms with Gasteiger partial charge in [-0.05, 0) is 37.5 Å². The number of piperidine rings is 1. The normalized spacial score (nSPS) is 15.1. The Kier molecular flexibility index (Phi) is 7.60. The zero-order valence-electron chi connectivity index (χ0n) is 16.3.